The Labute approximate surface area is 306 Å². The monoisotopic (exact) mass is 724 g/mol. The molecule has 0 saturated heterocycles. The molecule has 0 amide bonds. The first-order valence-electron chi connectivity index (χ1n) is 19.8. The molecule has 1 unspecified atom stereocenters. The summed E-state index contributed by atoms with van der Waals surface area (Å²) in [6.07, 6.45) is 46.2. The Morgan fingerprint density at radius 2 is 1.14 bits per heavy atom. The Morgan fingerprint density at radius 3 is 1.72 bits per heavy atom. The van der Waals surface area contributed by atoms with Crippen LogP contribution in [0, 0.1) is 0 Å². The second-order valence-corrected chi connectivity index (χ2v) is 14.3. The van der Waals surface area contributed by atoms with Crippen molar-refractivity contribution in [2.75, 3.05) is 26.4 Å². The van der Waals surface area contributed by atoms with Gasteiger partial charge >= 0.3 is 13.8 Å². The molecule has 0 aromatic rings. The van der Waals surface area contributed by atoms with E-state index in [1.807, 2.05) is 6.08 Å². The Kier molecular flexibility index (Phi) is 36.8. The Bertz CT molecular complexity index is 947. The highest BCUT2D eigenvalue weighted by Crippen LogP contribution is 2.43. The predicted octanol–water partition coefficient (Wildman–Crippen LogP) is 11.8. The van der Waals surface area contributed by atoms with Crippen LogP contribution in [0.4, 0.5) is 0 Å². The second-order valence-electron chi connectivity index (χ2n) is 12.8. The lowest BCUT2D eigenvalue weighted by Crippen LogP contribution is -2.25. The third-order valence-corrected chi connectivity index (χ3v) is 8.99. The maximum absolute atomic E-state index is 12.4. The number of phosphoric acid groups is 1. The second kappa shape index (κ2) is 38.3. The van der Waals surface area contributed by atoms with Crippen LogP contribution in [-0.4, -0.2) is 43.3 Å². The highest BCUT2D eigenvalue weighted by molar-refractivity contribution is 7.47. The number of phosphoric ester groups is 1. The minimum atomic E-state index is -4.27. The molecule has 0 spiro atoms. The molecule has 0 rings (SSSR count). The summed E-state index contributed by atoms with van der Waals surface area (Å²) in [7, 11) is -4.27. The van der Waals surface area contributed by atoms with Crippen molar-refractivity contribution >= 4 is 13.8 Å². The van der Waals surface area contributed by atoms with Crippen molar-refractivity contribution in [2.45, 2.75) is 168 Å². The molecule has 290 valence electrons. The number of unbranched alkanes of at least 4 members (excludes halogenated alkanes) is 16. The number of carbonyl (C=O) groups is 1. The van der Waals surface area contributed by atoms with E-state index in [0.29, 0.717) is 6.42 Å². The van der Waals surface area contributed by atoms with Gasteiger partial charge in [-0.15, -0.1) is 0 Å². The molecule has 0 aliphatic carbocycles. The Balaban J connectivity index is 4.18. The van der Waals surface area contributed by atoms with E-state index in [4.69, 9.17) is 24.3 Å². The standard InChI is InChI=1S/C41H74NO7P/c1-3-5-7-9-11-13-15-17-19-21-23-25-27-29-31-33-36-46-40(39-49-50(44,45)48-37-35-42)38-47-41(43)34-32-30-28-26-24-22-20-18-16-14-12-10-8-6-4-2/h6,8,12,14,17-20,33,36,40H,3-5,7,9-11,13,15-16,21-32,34-35,37-39,42H2,1-2H3,(H,44,45)/b8-6-,14-12-,19-17-,20-18-,36-33-/t40-/m1/s1. The lowest BCUT2D eigenvalue weighted by atomic mass is 10.1. The maximum atomic E-state index is 12.4. The smallest absolute Gasteiger partial charge is 0.472 e. The zero-order valence-electron chi connectivity index (χ0n) is 31.9. The summed E-state index contributed by atoms with van der Waals surface area (Å²) >= 11 is 0. The largest absolute Gasteiger partial charge is 0.492 e. The van der Waals surface area contributed by atoms with Gasteiger partial charge in [-0.25, -0.2) is 4.57 Å². The van der Waals surface area contributed by atoms with Crippen LogP contribution >= 0.6 is 7.82 Å². The van der Waals surface area contributed by atoms with Crippen molar-refractivity contribution < 1.29 is 32.8 Å². The van der Waals surface area contributed by atoms with Crippen LogP contribution in [0.5, 0.6) is 0 Å². The maximum Gasteiger partial charge on any atom is 0.472 e. The summed E-state index contributed by atoms with van der Waals surface area (Å²) in [5.74, 6) is -0.312. The van der Waals surface area contributed by atoms with Gasteiger partial charge < -0.3 is 20.1 Å². The summed E-state index contributed by atoms with van der Waals surface area (Å²) in [5.41, 5.74) is 5.35. The number of esters is 1. The lowest BCUT2D eigenvalue weighted by Gasteiger charge is -2.19. The van der Waals surface area contributed by atoms with E-state index >= 15 is 0 Å². The van der Waals surface area contributed by atoms with Crippen molar-refractivity contribution in [2.24, 2.45) is 5.73 Å². The summed E-state index contributed by atoms with van der Waals surface area (Å²) < 4.78 is 33.1. The average molecular weight is 724 g/mol. The summed E-state index contributed by atoms with van der Waals surface area (Å²) in [5, 5.41) is 0. The van der Waals surface area contributed by atoms with E-state index < -0.39 is 13.9 Å². The molecular formula is C41H74NO7P. The van der Waals surface area contributed by atoms with E-state index in [9.17, 15) is 14.3 Å². The third kappa shape index (κ3) is 37.3. The first-order valence-corrected chi connectivity index (χ1v) is 21.3. The zero-order chi connectivity index (χ0) is 36.6. The van der Waals surface area contributed by atoms with Crippen LogP contribution < -0.4 is 5.73 Å². The van der Waals surface area contributed by atoms with Crippen LogP contribution in [0.15, 0.2) is 60.9 Å². The van der Waals surface area contributed by atoms with Gasteiger partial charge in [-0.2, -0.15) is 0 Å². The number of rotatable bonds is 37. The molecule has 0 aromatic heterocycles. The molecule has 9 heteroatoms. The van der Waals surface area contributed by atoms with Crippen LogP contribution in [0.25, 0.3) is 0 Å². The van der Waals surface area contributed by atoms with Crippen molar-refractivity contribution in [3.63, 3.8) is 0 Å². The van der Waals surface area contributed by atoms with Crippen LogP contribution in [-0.2, 0) is 27.9 Å². The minimum Gasteiger partial charge on any atom is -0.492 e. The van der Waals surface area contributed by atoms with E-state index in [1.165, 1.54) is 57.8 Å². The van der Waals surface area contributed by atoms with Crippen LogP contribution in [0.1, 0.15) is 162 Å². The zero-order valence-corrected chi connectivity index (χ0v) is 32.8. The topological polar surface area (TPSA) is 117 Å². The first kappa shape index (κ1) is 48.0. The fourth-order valence-corrected chi connectivity index (χ4v) is 5.81. The quantitative estimate of drug-likeness (QED) is 0.0214. The molecular weight excluding hydrogens is 649 g/mol. The molecule has 50 heavy (non-hydrogen) atoms. The number of nitrogens with two attached hydrogens (primary N) is 1. The van der Waals surface area contributed by atoms with Crippen LogP contribution in [0.3, 0.4) is 0 Å². The first-order chi connectivity index (χ1) is 24.4. The fraction of sp³-hybridized carbons (Fsp3) is 0.732. The number of ether oxygens (including phenoxy) is 2. The number of carbonyl (C=O) groups excluding carboxylic acids is 1. The Morgan fingerprint density at radius 1 is 0.640 bits per heavy atom. The number of hydrogen-bond donors (Lipinski definition) is 2. The highest BCUT2D eigenvalue weighted by Gasteiger charge is 2.24. The molecule has 3 N–H and O–H groups in total. The number of hydrogen-bond acceptors (Lipinski definition) is 7. The van der Waals surface area contributed by atoms with Gasteiger partial charge in [0.2, 0.25) is 0 Å². The van der Waals surface area contributed by atoms with Crippen molar-refractivity contribution in [1.82, 2.24) is 0 Å². The normalized spacial score (nSPS) is 14.2. The lowest BCUT2D eigenvalue weighted by molar-refractivity contribution is -0.147. The van der Waals surface area contributed by atoms with Gasteiger partial charge in [-0.3, -0.25) is 13.8 Å². The van der Waals surface area contributed by atoms with Gasteiger partial charge in [0, 0.05) is 13.0 Å². The molecule has 0 aromatic carbocycles. The molecule has 8 nitrogen and oxygen atoms in total. The summed E-state index contributed by atoms with van der Waals surface area (Å²) in [6, 6.07) is 0. The molecule has 0 aliphatic rings. The molecule has 0 radical (unpaired) electrons. The van der Waals surface area contributed by atoms with Crippen molar-refractivity contribution in [3.8, 4) is 0 Å². The molecule has 0 saturated carbocycles. The van der Waals surface area contributed by atoms with Gasteiger partial charge in [0.05, 0.1) is 19.5 Å². The third-order valence-electron chi connectivity index (χ3n) is 8.01. The minimum absolute atomic E-state index is 0.0800. The molecule has 0 heterocycles. The Hall–Kier alpha value is -1.96. The summed E-state index contributed by atoms with van der Waals surface area (Å²) in [4.78, 5) is 22.2. The summed E-state index contributed by atoms with van der Waals surface area (Å²) in [6.45, 7) is 4.05. The fourth-order valence-electron chi connectivity index (χ4n) is 5.05. The number of allylic oxidation sites excluding steroid dienone is 9. The van der Waals surface area contributed by atoms with E-state index in [2.05, 4.69) is 62.5 Å². The highest BCUT2D eigenvalue weighted by atomic mass is 31.2. The average Bonchev–Trinajstić information content (AvgIpc) is 3.11. The van der Waals surface area contributed by atoms with Crippen LogP contribution in [0.2, 0.25) is 0 Å². The SMILES string of the molecule is CC/C=C\C/C=C\C/C=C\CCCCCCCC(=O)OC[C@H](COP(=O)(O)OCCN)O/C=C\CCCCCC/C=C\CCCCCCCC. The van der Waals surface area contributed by atoms with Gasteiger partial charge in [0.1, 0.15) is 6.61 Å². The molecule has 0 aliphatic heterocycles. The van der Waals surface area contributed by atoms with E-state index in [-0.39, 0.29) is 32.3 Å². The van der Waals surface area contributed by atoms with Gasteiger partial charge in [-0.1, -0.05) is 127 Å². The predicted molar refractivity (Wildman–Crippen MR) is 210 cm³/mol. The van der Waals surface area contributed by atoms with Gasteiger partial charge in [0.25, 0.3) is 0 Å². The van der Waals surface area contributed by atoms with E-state index in [0.717, 1.165) is 83.5 Å². The molecule has 0 fully saturated rings. The van der Waals surface area contributed by atoms with Gasteiger partial charge in [0.15, 0.2) is 6.10 Å². The molecule has 0 bridgehead atoms. The molecule has 2 atom stereocenters. The van der Waals surface area contributed by atoms with E-state index in [1.54, 1.807) is 6.26 Å². The van der Waals surface area contributed by atoms with Gasteiger partial charge in [-0.05, 0) is 83.1 Å². The van der Waals surface area contributed by atoms with Crippen molar-refractivity contribution in [3.05, 3.63) is 60.9 Å². The van der Waals surface area contributed by atoms with Crippen molar-refractivity contribution in [1.29, 1.82) is 0 Å².